The summed E-state index contributed by atoms with van der Waals surface area (Å²) >= 11 is 2.88. The fourth-order valence-corrected chi connectivity index (χ4v) is 4.87. The predicted octanol–water partition coefficient (Wildman–Crippen LogP) is 5.20. The highest BCUT2D eigenvalue weighted by Crippen LogP contribution is 2.50. The summed E-state index contributed by atoms with van der Waals surface area (Å²) < 4.78 is 25.8. The van der Waals surface area contributed by atoms with Crippen molar-refractivity contribution in [3.8, 4) is 0 Å². The second-order valence-corrected chi connectivity index (χ2v) is 8.37. The molecule has 1 atom stereocenters. The van der Waals surface area contributed by atoms with E-state index in [-0.39, 0.29) is 12.3 Å². The maximum absolute atomic E-state index is 12.9. The average molecular weight is 414 g/mol. The number of thioether (sulfide) groups is 1. The number of halogens is 2. The van der Waals surface area contributed by atoms with Gasteiger partial charge >= 0.3 is 0 Å². The van der Waals surface area contributed by atoms with E-state index in [0.29, 0.717) is 24.5 Å². The van der Waals surface area contributed by atoms with E-state index in [2.05, 4.69) is 16.6 Å². The third-order valence-corrected chi connectivity index (χ3v) is 6.61. The Labute approximate surface area is 167 Å². The smallest absolute Gasteiger partial charge is 0.252 e. The van der Waals surface area contributed by atoms with E-state index < -0.39 is 11.8 Å². The van der Waals surface area contributed by atoms with Gasteiger partial charge in [0.1, 0.15) is 10.0 Å². The van der Waals surface area contributed by atoms with Crippen molar-refractivity contribution in [1.29, 1.82) is 0 Å². The Kier molecular flexibility index (Phi) is 7.73. The van der Waals surface area contributed by atoms with Crippen LogP contribution in [0.15, 0.2) is 23.8 Å². The fourth-order valence-electron chi connectivity index (χ4n) is 2.55. The number of hydrogen-bond acceptors (Lipinski definition) is 5. The first-order valence-electron chi connectivity index (χ1n) is 8.88. The molecule has 1 aliphatic carbocycles. The topological polar surface area (TPSA) is 45.6 Å². The number of anilines is 1. The van der Waals surface area contributed by atoms with Crippen LogP contribution < -0.4 is 4.90 Å². The SMILES string of the molecule is C=CN=C/C(=C\C)c1nc(C)c(N(CC)C(=O)CCSCC2CC2(F)F)s1. The Morgan fingerprint density at radius 2 is 2.26 bits per heavy atom. The summed E-state index contributed by atoms with van der Waals surface area (Å²) in [4.78, 5) is 23.0. The lowest BCUT2D eigenvalue weighted by molar-refractivity contribution is -0.118. The number of thiazole rings is 1. The zero-order valence-corrected chi connectivity index (χ0v) is 17.5. The number of hydrogen-bond donors (Lipinski definition) is 0. The molecule has 0 aromatic carbocycles. The van der Waals surface area contributed by atoms with Crippen molar-refractivity contribution in [3.05, 3.63) is 29.6 Å². The molecular formula is C19H25F2N3OS2. The summed E-state index contributed by atoms with van der Waals surface area (Å²) in [6.45, 7) is 9.82. The van der Waals surface area contributed by atoms with E-state index in [0.717, 1.165) is 21.3 Å². The Morgan fingerprint density at radius 3 is 2.81 bits per heavy atom. The number of aryl methyl sites for hydroxylation is 1. The predicted molar refractivity (Wildman–Crippen MR) is 112 cm³/mol. The molecule has 0 N–H and O–H groups in total. The Morgan fingerprint density at radius 1 is 1.56 bits per heavy atom. The molecule has 27 heavy (non-hydrogen) atoms. The Hall–Kier alpha value is -1.54. The van der Waals surface area contributed by atoms with Crippen LogP contribution in [0.3, 0.4) is 0 Å². The van der Waals surface area contributed by atoms with Crippen LogP contribution in [-0.4, -0.2) is 41.1 Å². The third-order valence-electron chi connectivity index (χ3n) is 4.25. The highest BCUT2D eigenvalue weighted by atomic mass is 32.2. The quantitative estimate of drug-likeness (QED) is 0.391. The second kappa shape index (κ2) is 9.59. The number of alkyl halides is 2. The maximum Gasteiger partial charge on any atom is 0.252 e. The van der Waals surface area contributed by atoms with Gasteiger partial charge in [0.15, 0.2) is 0 Å². The lowest BCUT2D eigenvalue weighted by Crippen LogP contribution is -2.30. The van der Waals surface area contributed by atoms with Crippen LogP contribution in [0.5, 0.6) is 0 Å². The number of nitrogens with zero attached hydrogens (tertiary/aromatic N) is 3. The summed E-state index contributed by atoms with van der Waals surface area (Å²) in [6, 6.07) is 0. The standard InChI is InChI=1S/C19H25F2N3OS2/c1-5-14(11-22-6-2)17-23-13(4)18(27-17)24(7-3)16(25)8-9-26-12-15-10-19(15,20)21/h5-6,11,15H,2,7-10,12H2,1,3-4H3/b14-5+,22-11?. The second-order valence-electron chi connectivity index (χ2n) is 6.24. The normalized spacial score (nSPS) is 18.7. The van der Waals surface area contributed by atoms with Gasteiger partial charge in [-0.15, -0.1) is 0 Å². The van der Waals surface area contributed by atoms with Crippen molar-refractivity contribution < 1.29 is 13.6 Å². The van der Waals surface area contributed by atoms with Gasteiger partial charge in [-0.25, -0.2) is 13.8 Å². The zero-order valence-electron chi connectivity index (χ0n) is 15.9. The summed E-state index contributed by atoms with van der Waals surface area (Å²) in [5.74, 6) is -2.03. The van der Waals surface area contributed by atoms with Gasteiger partial charge in [-0.1, -0.05) is 24.0 Å². The first-order valence-corrected chi connectivity index (χ1v) is 10.8. The van der Waals surface area contributed by atoms with Gasteiger partial charge in [0.25, 0.3) is 5.92 Å². The fraction of sp³-hybridized carbons (Fsp3) is 0.526. The summed E-state index contributed by atoms with van der Waals surface area (Å²) in [5.41, 5.74) is 1.67. The van der Waals surface area contributed by atoms with E-state index in [4.69, 9.17) is 0 Å². The molecule has 0 radical (unpaired) electrons. The highest BCUT2D eigenvalue weighted by molar-refractivity contribution is 7.99. The van der Waals surface area contributed by atoms with E-state index in [9.17, 15) is 13.6 Å². The minimum Gasteiger partial charge on any atom is -0.303 e. The number of aliphatic imine (C=N–C) groups is 1. The molecule has 1 heterocycles. The van der Waals surface area contributed by atoms with Gasteiger partial charge in [-0.3, -0.25) is 9.79 Å². The highest BCUT2D eigenvalue weighted by Gasteiger charge is 2.56. The van der Waals surface area contributed by atoms with Gasteiger partial charge < -0.3 is 4.90 Å². The van der Waals surface area contributed by atoms with E-state index in [1.165, 1.54) is 29.3 Å². The molecule has 1 aromatic heterocycles. The molecule has 1 amide bonds. The monoisotopic (exact) mass is 413 g/mol. The molecule has 1 aliphatic rings. The van der Waals surface area contributed by atoms with Gasteiger partial charge in [-0.2, -0.15) is 11.8 Å². The maximum atomic E-state index is 12.9. The van der Waals surface area contributed by atoms with Crippen LogP contribution in [0, 0.1) is 12.8 Å². The Bertz CT molecular complexity index is 743. The Balaban J connectivity index is 1.98. The molecule has 8 heteroatoms. The van der Waals surface area contributed by atoms with Crippen molar-refractivity contribution in [2.24, 2.45) is 10.9 Å². The third kappa shape index (κ3) is 5.72. The lowest BCUT2D eigenvalue weighted by Gasteiger charge is -2.19. The number of carbonyl (C=O) groups is 1. The van der Waals surface area contributed by atoms with E-state index in [1.807, 2.05) is 26.8 Å². The van der Waals surface area contributed by atoms with E-state index in [1.54, 1.807) is 11.1 Å². The van der Waals surface area contributed by atoms with Gasteiger partial charge in [0, 0.05) is 54.8 Å². The molecule has 0 aliphatic heterocycles. The van der Waals surface area contributed by atoms with Crippen molar-refractivity contribution in [3.63, 3.8) is 0 Å². The molecular weight excluding hydrogens is 388 g/mol. The van der Waals surface area contributed by atoms with Gasteiger partial charge in [0.05, 0.1) is 5.69 Å². The molecule has 0 saturated heterocycles. The molecule has 1 fully saturated rings. The van der Waals surface area contributed by atoms with Crippen LogP contribution in [0.2, 0.25) is 0 Å². The lowest BCUT2D eigenvalue weighted by atomic mass is 10.3. The molecule has 148 valence electrons. The summed E-state index contributed by atoms with van der Waals surface area (Å²) in [7, 11) is 0. The van der Waals surface area contributed by atoms with Crippen LogP contribution in [0.1, 0.15) is 37.4 Å². The molecule has 2 rings (SSSR count). The number of carbonyl (C=O) groups excluding carboxylic acids is 1. The molecule has 1 saturated carbocycles. The largest absolute Gasteiger partial charge is 0.303 e. The van der Waals surface area contributed by atoms with Crippen molar-refractivity contribution in [1.82, 2.24) is 4.98 Å². The van der Waals surface area contributed by atoms with Crippen molar-refractivity contribution in [2.45, 2.75) is 39.5 Å². The molecule has 1 aromatic rings. The zero-order chi connectivity index (χ0) is 20.0. The number of allylic oxidation sites excluding steroid dienone is 2. The van der Waals surface area contributed by atoms with Crippen LogP contribution >= 0.6 is 23.1 Å². The molecule has 0 spiro atoms. The molecule has 1 unspecified atom stereocenters. The number of rotatable bonds is 10. The minimum absolute atomic E-state index is 0.00681. The van der Waals surface area contributed by atoms with Gasteiger partial charge in [-0.05, 0) is 20.8 Å². The molecule has 0 bridgehead atoms. The average Bonchev–Trinajstić information content (AvgIpc) is 3.06. The first-order chi connectivity index (χ1) is 12.8. The van der Waals surface area contributed by atoms with Crippen molar-refractivity contribution in [2.75, 3.05) is 23.0 Å². The summed E-state index contributed by atoms with van der Waals surface area (Å²) in [6.07, 6.45) is 5.38. The van der Waals surface area contributed by atoms with Crippen molar-refractivity contribution >= 4 is 45.8 Å². The summed E-state index contributed by atoms with van der Waals surface area (Å²) in [5, 5.41) is 1.62. The number of amides is 1. The van der Waals surface area contributed by atoms with Crippen LogP contribution in [0.25, 0.3) is 5.57 Å². The van der Waals surface area contributed by atoms with Gasteiger partial charge in [0.2, 0.25) is 5.91 Å². The first kappa shape index (κ1) is 21.8. The van der Waals surface area contributed by atoms with Crippen LogP contribution in [-0.2, 0) is 4.79 Å². The van der Waals surface area contributed by atoms with Crippen LogP contribution in [0.4, 0.5) is 13.8 Å². The minimum atomic E-state index is -2.48. The van der Waals surface area contributed by atoms with E-state index >= 15 is 0 Å². The molecule has 4 nitrogen and oxygen atoms in total. The number of aromatic nitrogens is 1.